The van der Waals surface area contributed by atoms with Crippen molar-refractivity contribution < 1.29 is 27.8 Å². The van der Waals surface area contributed by atoms with E-state index in [0.717, 1.165) is 0 Å². The van der Waals surface area contributed by atoms with E-state index < -0.39 is 19.2 Å². The molecule has 2 aromatic carbocycles. The average molecular weight is 495 g/mol. The van der Waals surface area contributed by atoms with E-state index in [9.17, 15) is 13.6 Å². The minimum atomic E-state index is -3.15. The van der Waals surface area contributed by atoms with Crippen molar-refractivity contribution in [2.24, 2.45) is 0 Å². The lowest BCUT2D eigenvalue weighted by Crippen LogP contribution is -2.14. The van der Waals surface area contributed by atoms with Crippen molar-refractivity contribution in [1.82, 2.24) is 4.98 Å². The summed E-state index contributed by atoms with van der Waals surface area (Å²) in [6, 6.07) is 9.64. The van der Waals surface area contributed by atoms with Crippen LogP contribution in [-0.2, 0) is 22.4 Å². The smallest absolute Gasteiger partial charge is 0.387 e. The van der Waals surface area contributed by atoms with E-state index in [2.05, 4.69) is 9.72 Å². The minimum Gasteiger partial charge on any atom is -0.481 e. The van der Waals surface area contributed by atoms with Gasteiger partial charge in [0.25, 0.3) is 0 Å². The zero-order valence-electron chi connectivity index (χ0n) is 17.6. The molecular weight excluding hydrogens is 477 g/mol. The fourth-order valence-corrected chi connectivity index (χ4v) is 3.77. The van der Waals surface area contributed by atoms with Gasteiger partial charge in [0.15, 0.2) is 6.61 Å². The molecule has 0 aliphatic carbocycles. The fraction of sp³-hybridized carbons (Fsp3) is 0.261. The lowest BCUT2D eigenvalue weighted by atomic mass is 9.97. The summed E-state index contributed by atoms with van der Waals surface area (Å²) in [6.45, 7) is -1.79. The largest absolute Gasteiger partial charge is 0.481 e. The van der Waals surface area contributed by atoms with Crippen LogP contribution < -0.4 is 9.47 Å². The molecule has 6 nitrogen and oxygen atoms in total. The molecule has 0 spiro atoms. The third kappa shape index (κ3) is 5.44. The van der Waals surface area contributed by atoms with Gasteiger partial charge in [-0.2, -0.15) is 14.0 Å². The average Bonchev–Trinajstić information content (AvgIpc) is 2.80. The third-order valence-corrected chi connectivity index (χ3v) is 5.51. The lowest BCUT2D eigenvalue weighted by Gasteiger charge is -2.20. The number of rotatable bonds is 8. The Kier molecular flexibility index (Phi) is 7.90. The first-order chi connectivity index (χ1) is 15.8. The van der Waals surface area contributed by atoms with Crippen molar-refractivity contribution in [3.63, 3.8) is 0 Å². The molecule has 172 valence electrons. The molecule has 0 aliphatic heterocycles. The van der Waals surface area contributed by atoms with Gasteiger partial charge in [0.05, 0.1) is 34.7 Å². The summed E-state index contributed by atoms with van der Waals surface area (Å²) in [5, 5.41) is 9.67. The van der Waals surface area contributed by atoms with E-state index in [1.165, 1.54) is 25.3 Å². The first-order valence-electron chi connectivity index (χ1n) is 9.75. The molecule has 3 aromatic rings. The second kappa shape index (κ2) is 10.6. The molecule has 0 bridgehead atoms. The Bertz CT molecular complexity index is 1250. The van der Waals surface area contributed by atoms with E-state index in [0.29, 0.717) is 33.8 Å². The van der Waals surface area contributed by atoms with Gasteiger partial charge >= 0.3 is 12.6 Å². The normalized spacial score (nSPS) is 10.8. The molecule has 3 rings (SSSR count). The number of methoxy groups -OCH3 is 1. The molecule has 0 fully saturated rings. The summed E-state index contributed by atoms with van der Waals surface area (Å²) in [6.07, 6.45) is 0.490. The Morgan fingerprint density at radius 3 is 2.58 bits per heavy atom. The zero-order chi connectivity index (χ0) is 24.1. The number of alkyl halides is 2. The van der Waals surface area contributed by atoms with Crippen LogP contribution in [0, 0.1) is 11.3 Å². The van der Waals surface area contributed by atoms with Crippen LogP contribution >= 0.6 is 23.2 Å². The monoisotopic (exact) mass is 494 g/mol. The molecule has 0 amide bonds. The number of hydrogen-bond acceptors (Lipinski definition) is 6. The standard InChI is InChI=1S/C23H18Cl2F2N2O4/c1-3-17-14(9-13-5-4-12(10-28)8-16(13)25)22(33-23(26)27)20-18(32-11-19(30)31-2)7-6-15(24)21(20)29-17/h4-8,23H,3,9,11H2,1-2H3. The Morgan fingerprint density at radius 2 is 1.97 bits per heavy atom. The predicted octanol–water partition coefficient (Wildman–Crippen LogP) is 5.72. The summed E-state index contributed by atoms with van der Waals surface area (Å²) < 4.78 is 42.1. The lowest BCUT2D eigenvalue weighted by molar-refractivity contribution is -0.142. The van der Waals surface area contributed by atoms with Crippen LogP contribution in [0.2, 0.25) is 10.0 Å². The summed E-state index contributed by atoms with van der Waals surface area (Å²) in [4.78, 5) is 16.2. The van der Waals surface area contributed by atoms with Gasteiger partial charge in [0.1, 0.15) is 11.5 Å². The minimum absolute atomic E-state index is 0.0813. The Morgan fingerprint density at radius 1 is 1.21 bits per heavy atom. The van der Waals surface area contributed by atoms with Crippen LogP contribution in [-0.4, -0.2) is 31.3 Å². The number of fused-ring (bicyclic) bond motifs is 1. The highest BCUT2D eigenvalue weighted by Crippen LogP contribution is 2.42. The molecule has 0 N–H and O–H groups in total. The Balaban J connectivity index is 2.26. The number of nitrogens with zero attached hydrogens (tertiary/aromatic N) is 2. The number of benzene rings is 2. The van der Waals surface area contributed by atoms with E-state index in [1.807, 2.05) is 13.0 Å². The van der Waals surface area contributed by atoms with Crippen LogP contribution in [0.3, 0.4) is 0 Å². The van der Waals surface area contributed by atoms with E-state index in [4.69, 9.17) is 37.9 Å². The number of aromatic nitrogens is 1. The van der Waals surface area contributed by atoms with Gasteiger partial charge in [-0.15, -0.1) is 0 Å². The molecule has 0 unspecified atom stereocenters. The molecule has 0 atom stereocenters. The summed E-state index contributed by atoms with van der Waals surface area (Å²) in [5.74, 6) is -0.746. The first-order valence-corrected chi connectivity index (χ1v) is 10.5. The van der Waals surface area contributed by atoms with Crippen molar-refractivity contribution in [2.75, 3.05) is 13.7 Å². The maximum atomic E-state index is 13.5. The second-order valence-corrected chi connectivity index (χ2v) is 7.64. The van der Waals surface area contributed by atoms with Crippen LogP contribution in [0.15, 0.2) is 30.3 Å². The van der Waals surface area contributed by atoms with Crippen molar-refractivity contribution in [3.05, 3.63) is 62.8 Å². The number of halogens is 4. The Labute approximate surface area is 198 Å². The highest BCUT2D eigenvalue weighted by atomic mass is 35.5. The predicted molar refractivity (Wildman–Crippen MR) is 119 cm³/mol. The fourth-order valence-electron chi connectivity index (χ4n) is 3.32. The van der Waals surface area contributed by atoms with Crippen molar-refractivity contribution >= 4 is 40.1 Å². The number of hydrogen-bond donors (Lipinski definition) is 0. The molecule has 0 aliphatic rings. The van der Waals surface area contributed by atoms with E-state index in [-0.39, 0.29) is 33.8 Å². The van der Waals surface area contributed by atoms with Crippen LogP contribution in [0.4, 0.5) is 8.78 Å². The first kappa shape index (κ1) is 24.5. The van der Waals surface area contributed by atoms with E-state index >= 15 is 0 Å². The number of carbonyl (C=O) groups excluding carboxylic acids is 1. The number of aryl methyl sites for hydroxylation is 1. The highest BCUT2D eigenvalue weighted by molar-refractivity contribution is 6.35. The highest BCUT2D eigenvalue weighted by Gasteiger charge is 2.24. The maximum Gasteiger partial charge on any atom is 0.387 e. The summed E-state index contributed by atoms with van der Waals surface area (Å²) >= 11 is 12.7. The van der Waals surface area contributed by atoms with Crippen molar-refractivity contribution in [1.29, 1.82) is 5.26 Å². The van der Waals surface area contributed by atoms with Crippen LogP contribution in [0.5, 0.6) is 11.5 Å². The maximum absolute atomic E-state index is 13.5. The number of carbonyl (C=O) groups is 1. The number of ether oxygens (including phenoxy) is 3. The van der Waals surface area contributed by atoms with Gasteiger partial charge in [0, 0.05) is 22.7 Å². The van der Waals surface area contributed by atoms with Gasteiger partial charge in [-0.25, -0.2) is 4.79 Å². The third-order valence-electron chi connectivity index (χ3n) is 4.85. The quantitative estimate of drug-likeness (QED) is 0.372. The van der Waals surface area contributed by atoms with Crippen LogP contribution in [0.25, 0.3) is 10.9 Å². The molecule has 0 saturated carbocycles. The van der Waals surface area contributed by atoms with Gasteiger partial charge in [-0.05, 0) is 36.2 Å². The van der Waals surface area contributed by atoms with Crippen molar-refractivity contribution in [3.8, 4) is 17.6 Å². The van der Waals surface area contributed by atoms with Gasteiger partial charge in [-0.1, -0.05) is 36.2 Å². The second-order valence-electron chi connectivity index (χ2n) is 6.83. The molecule has 0 radical (unpaired) electrons. The van der Waals surface area contributed by atoms with Gasteiger partial charge in [0.2, 0.25) is 0 Å². The number of nitriles is 1. The molecule has 33 heavy (non-hydrogen) atoms. The molecule has 0 saturated heterocycles. The summed E-state index contributed by atoms with van der Waals surface area (Å²) in [5.41, 5.74) is 1.99. The molecular formula is C23H18Cl2F2N2O4. The van der Waals surface area contributed by atoms with Gasteiger partial charge < -0.3 is 14.2 Å². The molecule has 10 heteroatoms. The Hall–Kier alpha value is -3.15. The van der Waals surface area contributed by atoms with Crippen molar-refractivity contribution in [2.45, 2.75) is 26.4 Å². The topological polar surface area (TPSA) is 81.4 Å². The SMILES string of the molecule is CCc1nc2c(Cl)ccc(OCC(=O)OC)c2c(OC(F)F)c1Cc1ccc(C#N)cc1Cl. The van der Waals surface area contributed by atoms with Crippen LogP contribution in [0.1, 0.15) is 29.3 Å². The molecule has 1 aromatic heterocycles. The molecule has 1 heterocycles. The zero-order valence-corrected chi connectivity index (χ0v) is 19.1. The van der Waals surface area contributed by atoms with E-state index in [1.54, 1.807) is 12.1 Å². The summed E-state index contributed by atoms with van der Waals surface area (Å²) in [7, 11) is 1.20. The number of pyridine rings is 1. The van der Waals surface area contributed by atoms with Gasteiger partial charge in [-0.3, -0.25) is 4.98 Å². The number of esters is 1.